The van der Waals surface area contributed by atoms with Gasteiger partial charge in [-0.15, -0.1) is 0 Å². The van der Waals surface area contributed by atoms with Crippen molar-refractivity contribution in [2.45, 2.75) is 0 Å². The second-order valence-electron chi connectivity index (χ2n) is 4.74. The zero-order valence-electron chi connectivity index (χ0n) is 10.5. The molecule has 4 nitrogen and oxygen atoms in total. The number of benzene rings is 2. The number of azo groups is 1. The van der Waals surface area contributed by atoms with Crippen LogP contribution in [0.5, 0.6) is 5.88 Å². The molecule has 0 radical (unpaired) electrons. The van der Waals surface area contributed by atoms with E-state index in [1.807, 2.05) is 48.5 Å². The number of para-hydroxylation sites is 1. The van der Waals surface area contributed by atoms with Gasteiger partial charge in [0.2, 0.25) is 0 Å². The van der Waals surface area contributed by atoms with Crippen molar-refractivity contribution in [3.63, 3.8) is 0 Å². The maximum absolute atomic E-state index is 10.1. The molecule has 1 aromatic heterocycles. The third kappa shape index (κ3) is 1.62. The van der Waals surface area contributed by atoms with Crippen LogP contribution in [0.15, 0.2) is 52.7 Å². The third-order valence-corrected chi connectivity index (χ3v) is 3.45. The van der Waals surface area contributed by atoms with E-state index in [1.165, 1.54) is 0 Å². The average Bonchev–Trinajstić information content (AvgIpc) is 3.04. The Morgan fingerprint density at radius 3 is 2.95 bits per heavy atom. The van der Waals surface area contributed by atoms with Crippen LogP contribution in [0.2, 0.25) is 0 Å². The molecule has 2 aromatic carbocycles. The second-order valence-corrected chi connectivity index (χ2v) is 4.74. The normalized spacial score (nSPS) is 13.7. The van der Waals surface area contributed by atoms with Crippen LogP contribution in [0.1, 0.15) is 5.56 Å². The number of aromatic nitrogens is 1. The summed E-state index contributed by atoms with van der Waals surface area (Å²) in [4.78, 5) is 2.98. The summed E-state index contributed by atoms with van der Waals surface area (Å²) in [6, 6.07) is 13.8. The molecule has 0 atom stereocenters. The summed E-state index contributed by atoms with van der Waals surface area (Å²) in [5.41, 5.74) is 2.57. The molecule has 0 bridgehead atoms. The summed E-state index contributed by atoms with van der Waals surface area (Å²) in [5, 5.41) is 21.0. The van der Waals surface area contributed by atoms with Crippen molar-refractivity contribution in [1.29, 1.82) is 0 Å². The summed E-state index contributed by atoms with van der Waals surface area (Å²) in [7, 11) is 0. The minimum Gasteiger partial charge on any atom is -0.494 e. The van der Waals surface area contributed by atoms with E-state index in [9.17, 15) is 5.11 Å². The van der Waals surface area contributed by atoms with Crippen molar-refractivity contribution < 1.29 is 5.11 Å². The van der Waals surface area contributed by atoms with Crippen LogP contribution >= 0.6 is 0 Å². The molecule has 1 aliphatic heterocycles. The molecule has 0 spiro atoms. The van der Waals surface area contributed by atoms with Crippen LogP contribution in [0.25, 0.3) is 23.2 Å². The Morgan fingerprint density at radius 2 is 2.00 bits per heavy atom. The van der Waals surface area contributed by atoms with Crippen molar-refractivity contribution in [1.82, 2.24) is 4.98 Å². The highest BCUT2D eigenvalue weighted by molar-refractivity contribution is 5.91. The molecule has 20 heavy (non-hydrogen) atoms. The first kappa shape index (κ1) is 11.0. The highest BCUT2D eigenvalue weighted by Gasteiger charge is 2.07. The van der Waals surface area contributed by atoms with Crippen LogP contribution < -0.4 is 10.4 Å². The SMILES string of the molecule is Oc1[nH]c2ccccc2c1C=c1ccc2c(c1)N=NC=2. The van der Waals surface area contributed by atoms with Gasteiger partial charge in [-0.05, 0) is 23.4 Å². The van der Waals surface area contributed by atoms with E-state index in [-0.39, 0.29) is 5.88 Å². The third-order valence-electron chi connectivity index (χ3n) is 3.45. The Labute approximate surface area is 114 Å². The van der Waals surface area contributed by atoms with Gasteiger partial charge in [-0.1, -0.05) is 30.3 Å². The highest BCUT2D eigenvalue weighted by Crippen LogP contribution is 2.27. The summed E-state index contributed by atoms with van der Waals surface area (Å²) >= 11 is 0. The number of H-pyrrole nitrogens is 1. The molecule has 0 amide bonds. The molecular formula is C16H11N3O. The summed E-state index contributed by atoms with van der Waals surface area (Å²) < 4.78 is 0. The Kier molecular flexibility index (Phi) is 2.23. The fourth-order valence-corrected chi connectivity index (χ4v) is 2.46. The van der Waals surface area contributed by atoms with E-state index in [0.29, 0.717) is 0 Å². The Morgan fingerprint density at radius 1 is 1.10 bits per heavy atom. The quantitative estimate of drug-likeness (QED) is 0.694. The van der Waals surface area contributed by atoms with Crippen LogP contribution in [-0.4, -0.2) is 10.1 Å². The zero-order chi connectivity index (χ0) is 13.5. The molecule has 3 aromatic rings. The van der Waals surface area contributed by atoms with E-state index in [4.69, 9.17) is 0 Å². The highest BCUT2D eigenvalue weighted by atomic mass is 16.3. The van der Waals surface area contributed by atoms with Gasteiger partial charge >= 0.3 is 0 Å². The Bertz CT molecular complexity index is 967. The van der Waals surface area contributed by atoms with Crippen LogP contribution in [-0.2, 0) is 0 Å². The monoisotopic (exact) mass is 261 g/mol. The average molecular weight is 261 g/mol. The maximum atomic E-state index is 10.1. The first-order chi connectivity index (χ1) is 9.81. The molecule has 0 saturated carbocycles. The van der Waals surface area contributed by atoms with Gasteiger partial charge in [0.15, 0.2) is 5.88 Å². The number of aromatic hydroxyl groups is 1. The molecule has 4 heteroatoms. The fraction of sp³-hybridized carbons (Fsp3) is 0. The van der Waals surface area contributed by atoms with Crippen LogP contribution in [0.3, 0.4) is 0 Å². The van der Waals surface area contributed by atoms with Gasteiger partial charge in [0.05, 0.1) is 11.9 Å². The summed E-state index contributed by atoms with van der Waals surface area (Å²) in [6.45, 7) is 0. The molecule has 0 saturated heterocycles. The summed E-state index contributed by atoms with van der Waals surface area (Å²) in [6.07, 6.45) is 3.69. The predicted molar refractivity (Wildman–Crippen MR) is 78.2 cm³/mol. The smallest absolute Gasteiger partial charge is 0.196 e. The number of hydrogen-bond acceptors (Lipinski definition) is 3. The van der Waals surface area contributed by atoms with Crippen molar-refractivity contribution in [2.24, 2.45) is 10.2 Å². The molecule has 4 rings (SSSR count). The second kappa shape index (κ2) is 4.06. The standard InChI is InChI=1S/C16H11N3O/c20-16-13(12-3-1-2-4-14(12)18-16)7-10-5-6-11-9-17-19-15(11)8-10/h1-9,18,20H. The van der Waals surface area contributed by atoms with Gasteiger partial charge < -0.3 is 10.1 Å². The number of rotatable bonds is 1. The largest absolute Gasteiger partial charge is 0.494 e. The van der Waals surface area contributed by atoms with E-state index in [0.717, 1.165) is 32.6 Å². The number of nitrogens with one attached hydrogen (secondary N) is 1. The Balaban J connectivity index is 1.97. The van der Waals surface area contributed by atoms with Crippen LogP contribution in [0, 0.1) is 0 Å². The van der Waals surface area contributed by atoms with Gasteiger partial charge in [0.1, 0.15) is 0 Å². The number of aromatic amines is 1. The lowest BCUT2D eigenvalue weighted by molar-refractivity contribution is 0.457. The van der Waals surface area contributed by atoms with Crippen molar-refractivity contribution in [2.75, 3.05) is 0 Å². The fourth-order valence-electron chi connectivity index (χ4n) is 2.46. The molecule has 0 fully saturated rings. The maximum Gasteiger partial charge on any atom is 0.196 e. The van der Waals surface area contributed by atoms with Gasteiger partial charge in [0.25, 0.3) is 0 Å². The molecular weight excluding hydrogens is 250 g/mol. The molecule has 2 N–H and O–H groups in total. The van der Waals surface area contributed by atoms with E-state index < -0.39 is 0 Å². The predicted octanol–water partition coefficient (Wildman–Crippen LogP) is 2.54. The summed E-state index contributed by atoms with van der Waals surface area (Å²) in [5.74, 6) is 0.180. The Hall–Kier alpha value is -2.88. The number of nitrogens with zero attached hydrogens (tertiary/aromatic N) is 2. The first-order valence-corrected chi connectivity index (χ1v) is 6.34. The van der Waals surface area contributed by atoms with Gasteiger partial charge in [0, 0.05) is 21.7 Å². The first-order valence-electron chi connectivity index (χ1n) is 6.34. The van der Waals surface area contributed by atoms with E-state index >= 15 is 0 Å². The topological polar surface area (TPSA) is 60.7 Å². The molecule has 0 unspecified atom stereocenters. The lowest BCUT2D eigenvalue weighted by Gasteiger charge is -1.94. The van der Waals surface area contributed by atoms with Crippen molar-refractivity contribution >= 4 is 28.9 Å². The lowest BCUT2D eigenvalue weighted by Crippen LogP contribution is -2.06. The van der Waals surface area contributed by atoms with E-state index in [1.54, 1.807) is 6.20 Å². The minimum absolute atomic E-state index is 0.180. The van der Waals surface area contributed by atoms with E-state index in [2.05, 4.69) is 15.2 Å². The minimum atomic E-state index is 0.180. The van der Waals surface area contributed by atoms with Gasteiger partial charge in [-0.3, -0.25) is 0 Å². The molecule has 0 aliphatic carbocycles. The molecule has 96 valence electrons. The molecule has 2 heterocycles. The van der Waals surface area contributed by atoms with Crippen molar-refractivity contribution in [3.8, 4) is 5.88 Å². The van der Waals surface area contributed by atoms with Crippen molar-refractivity contribution in [3.05, 3.63) is 58.5 Å². The lowest BCUT2D eigenvalue weighted by atomic mass is 10.1. The van der Waals surface area contributed by atoms with Gasteiger partial charge in [-0.2, -0.15) is 10.2 Å². The number of hydrogen-bond donors (Lipinski definition) is 2. The van der Waals surface area contributed by atoms with Crippen LogP contribution in [0.4, 0.5) is 5.69 Å². The number of fused-ring (bicyclic) bond motifs is 2. The zero-order valence-corrected chi connectivity index (χ0v) is 10.5. The molecule has 1 aliphatic rings. The van der Waals surface area contributed by atoms with Gasteiger partial charge in [-0.25, -0.2) is 0 Å².